The van der Waals surface area contributed by atoms with E-state index in [9.17, 15) is 15.3 Å². The van der Waals surface area contributed by atoms with E-state index in [2.05, 4.69) is 0 Å². The molecule has 0 aromatic heterocycles. The van der Waals surface area contributed by atoms with Crippen molar-refractivity contribution in [2.45, 2.75) is 18.6 Å². The monoisotopic (exact) mass is 258 g/mol. The Labute approximate surface area is 110 Å². The average molecular weight is 258 g/mol. The highest BCUT2D eigenvalue weighted by Crippen LogP contribution is 2.44. The Morgan fingerprint density at radius 3 is 2.63 bits per heavy atom. The Balaban J connectivity index is 1.97. The van der Waals surface area contributed by atoms with Crippen LogP contribution in [-0.4, -0.2) is 15.3 Å². The molecule has 3 N–H and O–H groups in total. The van der Waals surface area contributed by atoms with Gasteiger partial charge in [0.1, 0.15) is 23.4 Å². The average Bonchev–Trinajstić information content (AvgIpc) is 2.38. The second-order valence-corrected chi connectivity index (χ2v) is 4.64. The van der Waals surface area contributed by atoms with Crippen LogP contribution in [0.25, 0.3) is 0 Å². The zero-order valence-corrected chi connectivity index (χ0v) is 10.2. The molecule has 1 heterocycles. The van der Waals surface area contributed by atoms with Gasteiger partial charge in [-0.25, -0.2) is 0 Å². The normalized spacial score (nSPS) is 21.5. The summed E-state index contributed by atoms with van der Waals surface area (Å²) in [5, 5.41) is 29.4. The summed E-state index contributed by atoms with van der Waals surface area (Å²) in [6.07, 6.45) is -0.776. The van der Waals surface area contributed by atoms with Crippen LogP contribution in [0.2, 0.25) is 0 Å². The first-order chi connectivity index (χ1) is 9.15. The van der Waals surface area contributed by atoms with Crippen LogP contribution in [0.4, 0.5) is 0 Å². The maximum Gasteiger partial charge on any atom is 0.129 e. The van der Waals surface area contributed by atoms with Crippen molar-refractivity contribution in [2.75, 3.05) is 0 Å². The Bertz CT molecular complexity index is 609. The summed E-state index contributed by atoms with van der Waals surface area (Å²) in [5.41, 5.74) is 1.23. The van der Waals surface area contributed by atoms with Gasteiger partial charge in [0.05, 0.1) is 11.7 Å². The molecule has 4 heteroatoms. The van der Waals surface area contributed by atoms with Crippen molar-refractivity contribution in [3.05, 3.63) is 53.6 Å². The summed E-state index contributed by atoms with van der Waals surface area (Å²) in [5.74, 6) is 0.684. The minimum absolute atomic E-state index is 0.0411. The smallest absolute Gasteiger partial charge is 0.129 e. The SMILES string of the molecule is Oc1cccc(C2CC(O)c3c(O)cccc3O2)c1. The van der Waals surface area contributed by atoms with Crippen LogP contribution in [0.3, 0.4) is 0 Å². The molecular weight excluding hydrogens is 244 g/mol. The van der Waals surface area contributed by atoms with Crippen LogP contribution in [-0.2, 0) is 0 Å². The summed E-state index contributed by atoms with van der Waals surface area (Å²) < 4.78 is 5.79. The summed E-state index contributed by atoms with van der Waals surface area (Å²) >= 11 is 0. The van der Waals surface area contributed by atoms with Crippen molar-refractivity contribution in [3.8, 4) is 17.2 Å². The molecule has 2 aromatic carbocycles. The maximum absolute atomic E-state index is 10.1. The van der Waals surface area contributed by atoms with E-state index in [-0.39, 0.29) is 17.6 Å². The fourth-order valence-electron chi connectivity index (χ4n) is 2.42. The molecule has 1 aliphatic rings. The molecule has 0 bridgehead atoms. The summed E-state index contributed by atoms with van der Waals surface area (Å²) in [6, 6.07) is 11.7. The predicted molar refractivity (Wildman–Crippen MR) is 69.2 cm³/mol. The van der Waals surface area contributed by atoms with Crippen molar-refractivity contribution in [1.82, 2.24) is 0 Å². The van der Waals surface area contributed by atoms with Gasteiger partial charge in [-0.2, -0.15) is 0 Å². The molecule has 2 aromatic rings. The van der Waals surface area contributed by atoms with Crippen molar-refractivity contribution in [1.29, 1.82) is 0 Å². The van der Waals surface area contributed by atoms with Crippen LogP contribution in [0, 0.1) is 0 Å². The first kappa shape index (κ1) is 11.9. The van der Waals surface area contributed by atoms with Gasteiger partial charge >= 0.3 is 0 Å². The number of rotatable bonds is 1. The quantitative estimate of drug-likeness (QED) is 0.735. The van der Waals surface area contributed by atoms with Crippen LogP contribution in [0.1, 0.15) is 29.8 Å². The van der Waals surface area contributed by atoms with Crippen LogP contribution < -0.4 is 4.74 Å². The number of benzene rings is 2. The molecule has 2 atom stereocenters. The molecule has 0 fully saturated rings. The molecule has 0 saturated carbocycles. The lowest BCUT2D eigenvalue weighted by molar-refractivity contribution is 0.0633. The zero-order chi connectivity index (χ0) is 13.4. The summed E-state index contributed by atoms with van der Waals surface area (Å²) in [4.78, 5) is 0. The highest BCUT2D eigenvalue weighted by Gasteiger charge is 2.30. The minimum Gasteiger partial charge on any atom is -0.508 e. The van der Waals surface area contributed by atoms with Crippen LogP contribution in [0.15, 0.2) is 42.5 Å². The molecule has 2 unspecified atom stereocenters. The number of phenolic OH excluding ortho intramolecular Hbond substituents is 2. The molecule has 1 aliphatic heterocycles. The van der Waals surface area contributed by atoms with Gasteiger partial charge in [-0.05, 0) is 29.8 Å². The molecule has 0 spiro atoms. The number of phenols is 2. The van der Waals surface area contributed by atoms with Gasteiger partial charge < -0.3 is 20.1 Å². The Hall–Kier alpha value is -2.20. The van der Waals surface area contributed by atoms with Crippen molar-refractivity contribution < 1.29 is 20.1 Å². The van der Waals surface area contributed by atoms with E-state index in [1.54, 1.807) is 30.3 Å². The second kappa shape index (κ2) is 4.48. The molecule has 19 heavy (non-hydrogen) atoms. The Kier molecular flexibility index (Phi) is 2.80. The number of hydrogen-bond donors (Lipinski definition) is 3. The first-order valence-corrected chi connectivity index (χ1v) is 6.10. The molecular formula is C15H14O4. The third-order valence-corrected chi connectivity index (χ3v) is 3.32. The second-order valence-electron chi connectivity index (χ2n) is 4.64. The summed E-state index contributed by atoms with van der Waals surface area (Å²) in [6.45, 7) is 0. The van der Waals surface area contributed by atoms with Gasteiger partial charge in [0.2, 0.25) is 0 Å². The van der Waals surface area contributed by atoms with Gasteiger partial charge in [-0.3, -0.25) is 0 Å². The number of aliphatic hydroxyl groups is 1. The van der Waals surface area contributed by atoms with E-state index in [1.165, 1.54) is 6.07 Å². The summed E-state index contributed by atoms with van der Waals surface area (Å²) in [7, 11) is 0. The van der Waals surface area contributed by atoms with Crippen molar-refractivity contribution in [2.24, 2.45) is 0 Å². The number of aromatic hydroxyl groups is 2. The van der Waals surface area contributed by atoms with E-state index >= 15 is 0 Å². The Morgan fingerprint density at radius 1 is 1.05 bits per heavy atom. The highest BCUT2D eigenvalue weighted by molar-refractivity contribution is 5.47. The van der Waals surface area contributed by atoms with E-state index in [1.807, 2.05) is 6.07 Å². The standard InChI is InChI=1S/C15H14O4/c16-10-4-1-3-9(7-10)14-8-12(18)15-11(17)5-2-6-13(15)19-14/h1-7,12,14,16-18H,8H2. The topological polar surface area (TPSA) is 69.9 Å². The highest BCUT2D eigenvalue weighted by atomic mass is 16.5. The minimum atomic E-state index is -0.780. The van der Waals surface area contributed by atoms with Crippen LogP contribution in [0.5, 0.6) is 17.2 Å². The van der Waals surface area contributed by atoms with E-state index in [4.69, 9.17) is 4.74 Å². The first-order valence-electron chi connectivity index (χ1n) is 6.10. The van der Waals surface area contributed by atoms with E-state index < -0.39 is 6.10 Å². The molecule has 98 valence electrons. The number of fused-ring (bicyclic) bond motifs is 1. The van der Waals surface area contributed by atoms with Crippen molar-refractivity contribution in [3.63, 3.8) is 0 Å². The lowest BCUT2D eigenvalue weighted by atomic mass is 9.94. The van der Waals surface area contributed by atoms with Gasteiger partial charge in [0.15, 0.2) is 0 Å². The van der Waals surface area contributed by atoms with E-state index in [0.29, 0.717) is 17.7 Å². The van der Waals surface area contributed by atoms with E-state index in [0.717, 1.165) is 5.56 Å². The molecule has 4 nitrogen and oxygen atoms in total. The lowest BCUT2D eigenvalue weighted by Crippen LogP contribution is -2.19. The van der Waals surface area contributed by atoms with Crippen molar-refractivity contribution >= 4 is 0 Å². The third kappa shape index (κ3) is 2.11. The molecule has 0 radical (unpaired) electrons. The number of aliphatic hydroxyl groups excluding tert-OH is 1. The fourth-order valence-corrected chi connectivity index (χ4v) is 2.42. The van der Waals surface area contributed by atoms with Gasteiger partial charge in [-0.15, -0.1) is 0 Å². The molecule has 0 aliphatic carbocycles. The lowest BCUT2D eigenvalue weighted by Gasteiger charge is -2.30. The Morgan fingerprint density at radius 2 is 1.84 bits per heavy atom. The predicted octanol–water partition coefficient (Wildman–Crippen LogP) is 2.66. The molecule has 3 rings (SSSR count). The third-order valence-electron chi connectivity index (χ3n) is 3.32. The van der Waals surface area contributed by atoms with Gasteiger partial charge in [-0.1, -0.05) is 18.2 Å². The van der Waals surface area contributed by atoms with Crippen LogP contribution >= 0.6 is 0 Å². The number of ether oxygens (including phenoxy) is 1. The maximum atomic E-state index is 10.1. The van der Waals surface area contributed by atoms with Gasteiger partial charge in [0, 0.05) is 6.42 Å². The number of hydrogen-bond acceptors (Lipinski definition) is 4. The zero-order valence-electron chi connectivity index (χ0n) is 10.2. The fraction of sp³-hybridized carbons (Fsp3) is 0.200. The largest absolute Gasteiger partial charge is 0.508 e. The molecule has 0 amide bonds. The molecule has 0 saturated heterocycles. The van der Waals surface area contributed by atoms with Gasteiger partial charge in [0.25, 0.3) is 0 Å².